The first-order valence-corrected chi connectivity index (χ1v) is 10.2. The average molecular weight is 479 g/mol. The first-order chi connectivity index (χ1) is 15.7. The first kappa shape index (κ1) is 25.6. The van der Waals surface area contributed by atoms with Crippen molar-refractivity contribution in [3.63, 3.8) is 0 Å². The SMILES string of the molecule is COc1cc(/C=N\NC(=O)C(=O)NCC(C)C)ccc1OCC(=O)Nc1ccc(F)c(Cl)c1. The summed E-state index contributed by atoms with van der Waals surface area (Å²) in [6.07, 6.45) is 1.32. The smallest absolute Gasteiger partial charge is 0.329 e. The maximum absolute atomic E-state index is 13.2. The number of ether oxygens (including phenoxy) is 2. The average Bonchev–Trinajstić information content (AvgIpc) is 2.78. The molecule has 3 amide bonds. The van der Waals surface area contributed by atoms with Crippen LogP contribution in [0.1, 0.15) is 19.4 Å². The van der Waals surface area contributed by atoms with Crippen LogP contribution < -0.4 is 25.5 Å². The molecule has 0 saturated carbocycles. The quantitative estimate of drug-likeness (QED) is 0.291. The van der Waals surface area contributed by atoms with Crippen molar-refractivity contribution < 1.29 is 28.2 Å². The summed E-state index contributed by atoms with van der Waals surface area (Å²) in [5.41, 5.74) is 3.01. The summed E-state index contributed by atoms with van der Waals surface area (Å²) >= 11 is 5.69. The zero-order chi connectivity index (χ0) is 24.4. The number of carbonyl (C=O) groups excluding carboxylic acids is 3. The summed E-state index contributed by atoms with van der Waals surface area (Å²) in [6.45, 7) is 3.86. The third kappa shape index (κ3) is 8.41. The predicted molar refractivity (Wildman–Crippen MR) is 122 cm³/mol. The number of amides is 3. The van der Waals surface area contributed by atoms with Gasteiger partial charge in [-0.3, -0.25) is 14.4 Å². The Labute approximate surface area is 195 Å². The minimum Gasteiger partial charge on any atom is -0.493 e. The maximum Gasteiger partial charge on any atom is 0.329 e. The number of hydrogen-bond acceptors (Lipinski definition) is 6. The third-order valence-electron chi connectivity index (χ3n) is 4.01. The molecule has 2 aromatic carbocycles. The standard InChI is InChI=1S/C22H24ClFN4O5/c1-13(2)10-25-21(30)22(31)28-26-11-14-4-7-18(19(8-14)32-3)33-12-20(29)27-15-5-6-17(24)16(23)9-15/h4-9,11,13H,10,12H2,1-3H3,(H,25,30)(H,27,29)(H,28,31)/b26-11-. The highest BCUT2D eigenvalue weighted by Gasteiger charge is 2.13. The number of hydrazone groups is 1. The van der Waals surface area contributed by atoms with E-state index in [9.17, 15) is 18.8 Å². The van der Waals surface area contributed by atoms with Crippen LogP contribution in [0.3, 0.4) is 0 Å². The topological polar surface area (TPSA) is 118 Å². The monoisotopic (exact) mass is 478 g/mol. The van der Waals surface area contributed by atoms with Gasteiger partial charge in [-0.25, -0.2) is 9.82 Å². The van der Waals surface area contributed by atoms with E-state index < -0.39 is 23.5 Å². The second kappa shape index (κ2) is 12.4. The second-order valence-corrected chi connectivity index (χ2v) is 7.59. The largest absolute Gasteiger partial charge is 0.493 e. The molecule has 0 saturated heterocycles. The van der Waals surface area contributed by atoms with Gasteiger partial charge in [0.2, 0.25) is 0 Å². The maximum atomic E-state index is 13.2. The second-order valence-electron chi connectivity index (χ2n) is 7.18. The summed E-state index contributed by atoms with van der Waals surface area (Å²) < 4.78 is 23.9. The fraction of sp³-hybridized carbons (Fsp3) is 0.273. The Morgan fingerprint density at radius 1 is 1.12 bits per heavy atom. The van der Waals surface area contributed by atoms with Gasteiger partial charge in [0.1, 0.15) is 5.82 Å². The highest BCUT2D eigenvalue weighted by Crippen LogP contribution is 2.27. The number of anilines is 1. The normalized spacial score (nSPS) is 10.7. The number of methoxy groups -OCH3 is 1. The van der Waals surface area contributed by atoms with E-state index in [1.165, 1.54) is 25.5 Å². The molecular weight excluding hydrogens is 455 g/mol. The molecule has 3 N–H and O–H groups in total. The summed E-state index contributed by atoms with van der Waals surface area (Å²) in [5, 5.41) is 8.66. The van der Waals surface area contributed by atoms with Gasteiger partial charge in [-0.15, -0.1) is 0 Å². The molecule has 33 heavy (non-hydrogen) atoms. The Bertz CT molecular complexity index is 1050. The van der Waals surface area contributed by atoms with E-state index in [1.807, 2.05) is 13.8 Å². The van der Waals surface area contributed by atoms with Gasteiger partial charge in [-0.05, 0) is 47.9 Å². The van der Waals surface area contributed by atoms with Crippen LogP contribution in [0.5, 0.6) is 11.5 Å². The Hall–Kier alpha value is -3.66. The molecule has 0 aliphatic heterocycles. The Kier molecular flexibility index (Phi) is 9.62. The van der Waals surface area contributed by atoms with Crippen LogP contribution in [0.25, 0.3) is 0 Å². The molecule has 0 bridgehead atoms. The van der Waals surface area contributed by atoms with Crippen LogP contribution in [0, 0.1) is 11.7 Å². The van der Waals surface area contributed by atoms with Crippen molar-refractivity contribution in [1.29, 1.82) is 0 Å². The molecular formula is C22H24ClFN4O5. The zero-order valence-corrected chi connectivity index (χ0v) is 19.0. The molecule has 0 atom stereocenters. The van der Waals surface area contributed by atoms with E-state index >= 15 is 0 Å². The summed E-state index contributed by atoms with van der Waals surface area (Å²) in [4.78, 5) is 35.4. The van der Waals surface area contributed by atoms with E-state index in [0.29, 0.717) is 29.3 Å². The molecule has 0 aliphatic rings. The van der Waals surface area contributed by atoms with Crippen molar-refractivity contribution in [2.45, 2.75) is 13.8 Å². The van der Waals surface area contributed by atoms with Crippen LogP contribution in [-0.4, -0.2) is 44.2 Å². The molecule has 9 nitrogen and oxygen atoms in total. The van der Waals surface area contributed by atoms with Gasteiger partial charge >= 0.3 is 11.8 Å². The summed E-state index contributed by atoms with van der Waals surface area (Å²) in [7, 11) is 1.42. The number of carbonyl (C=O) groups is 3. The molecule has 0 heterocycles. The molecule has 2 rings (SSSR count). The number of halogens is 2. The highest BCUT2D eigenvalue weighted by atomic mass is 35.5. The first-order valence-electron chi connectivity index (χ1n) is 9.86. The summed E-state index contributed by atoms with van der Waals surface area (Å²) in [5.74, 6) is -1.91. The third-order valence-corrected chi connectivity index (χ3v) is 4.30. The highest BCUT2D eigenvalue weighted by molar-refractivity contribution is 6.35. The van der Waals surface area contributed by atoms with Crippen molar-refractivity contribution in [2.75, 3.05) is 25.6 Å². The van der Waals surface area contributed by atoms with Gasteiger partial charge in [-0.2, -0.15) is 5.10 Å². The van der Waals surface area contributed by atoms with Crippen LogP contribution >= 0.6 is 11.6 Å². The van der Waals surface area contributed by atoms with Gasteiger partial charge in [0.05, 0.1) is 18.3 Å². The van der Waals surface area contributed by atoms with Gasteiger partial charge < -0.3 is 20.1 Å². The predicted octanol–water partition coefficient (Wildman–Crippen LogP) is 2.73. The van der Waals surface area contributed by atoms with Crippen LogP contribution in [0.2, 0.25) is 5.02 Å². The Balaban J connectivity index is 1.91. The number of nitrogens with one attached hydrogen (secondary N) is 3. The molecule has 11 heteroatoms. The molecule has 0 spiro atoms. The van der Waals surface area contributed by atoms with Crippen LogP contribution in [0.15, 0.2) is 41.5 Å². The lowest BCUT2D eigenvalue weighted by atomic mass is 10.2. The number of nitrogens with zero attached hydrogens (tertiary/aromatic N) is 1. The Morgan fingerprint density at radius 2 is 1.88 bits per heavy atom. The van der Waals surface area contributed by atoms with E-state index in [-0.39, 0.29) is 17.5 Å². The lowest BCUT2D eigenvalue weighted by Crippen LogP contribution is -2.39. The molecule has 2 aromatic rings. The zero-order valence-electron chi connectivity index (χ0n) is 18.3. The minimum absolute atomic E-state index is 0.111. The number of benzene rings is 2. The Morgan fingerprint density at radius 3 is 2.55 bits per heavy atom. The van der Waals surface area contributed by atoms with Crippen molar-refractivity contribution in [2.24, 2.45) is 11.0 Å². The van der Waals surface area contributed by atoms with E-state index in [2.05, 4.69) is 21.2 Å². The molecule has 176 valence electrons. The fourth-order valence-corrected chi connectivity index (χ4v) is 2.57. The van der Waals surface area contributed by atoms with Gasteiger partial charge in [0.15, 0.2) is 18.1 Å². The molecule has 0 fully saturated rings. The van der Waals surface area contributed by atoms with Crippen LogP contribution in [0.4, 0.5) is 10.1 Å². The number of rotatable bonds is 9. The van der Waals surface area contributed by atoms with E-state index in [4.69, 9.17) is 21.1 Å². The lowest BCUT2D eigenvalue weighted by Gasteiger charge is -2.11. The summed E-state index contributed by atoms with van der Waals surface area (Å²) in [6, 6.07) is 8.55. The van der Waals surface area contributed by atoms with Gasteiger partial charge in [0, 0.05) is 12.2 Å². The molecule has 0 aromatic heterocycles. The van der Waals surface area contributed by atoms with Crippen molar-refractivity contribution >= 4 is 41.2 Å². The molecule has 0 unspecified atom stereocenters. The molecule has 0 radical (unpaired) electrons. The van der Waals surface area contributed by atoms with Gasteiger partial charge in [-0.1, -0.05) is 25.4 Å². The van der Waals surface area contributed by atoms with Crippen molar-refractivity contribution in [3.05, 3.63) is 52.8 Å². The van der Waals surface area contributed by atoms with E-state index in [0.717, 1.165) is 6.07 Å². The van der Waals surface area contributed by atoms with Crippen LogP contribution in [-0.2, 0) is 14.4 Å². The lowest BCUT2D eigenvalue weighted by molar-refractivity contribution is -0.139. The number of hydrogen-bond donors (Lipinski definition) is 3. The van der Waals surface area contributed by atoms with Crippen molar-refractivity contribution in [3.8, 4) is 11.5 Å². The molecule has 0 aliphatic carbocycles. The minimum atomic E-state index is -0.882. The van der Waals surface area contributed by atoms with Gasteiger partial charge in [0.25, 0.3) is 5.91 Å². The fourth-order valence-electron chi connectivity index (χ4n) is 2.39. The van der Waals surface area contributed by atoms with E-state index in [1.54, 1.807) is 18.2 Å². The van der Waals surface area contributed by atoms with Crippen molar-refractivity contribution in [1.82, 2.24) is 10.7 Å².